The van der Waals surface area contributed by atoms with E-state index in [1.807, 2.05) is 13.8 Å². The van der Waals surface area contributed by atoms with Gasteiger partial charge in [-0.3, -0.25) is 0 Å². The van der Waals surface area contributed by atoms with E-state index in [9.17, 15) is 0 Å². The molecule has 316 valence electrons. The second-order valence-corrected chi connectivity index (χ2v) is 15.2. The van der Waals surface area contributed by atoms with Crippen molar-refractivity contribution in [3.05, 3.63) is 247 Å². The average molecular weight is 823 g/mol. The first-order valence-corrected chi connectivity index (χ1v) is 22.5. The zero-order valence-corrected chi connectivity index (χ0v) is 38.0. The third-order valence-electron chi connectivity index (χ3n) is 11.1. The number of para-hydroxylation sites is 1. The Morgan fingerprint density at radius 1 is 0.587 bits per heavy atom. The molecule has 1 heterocycles. The van der Waals surface area contributed by atoms with Gasteiger partial charge in [-0.15, -0.1) is 0 Å². The highest BCUT2D eigenvalue weighted by molar-refractivity contribution is 5.96. The lowest BCUT2D eigenvalue weighted by Crippen LogP contribution is -2.22. The van der Waals surface area contributed by atoms with Crippen LogP contribution in [0.3, 0.4) is 0 Å². The quantitative estimate of drug-likeness (QED) is 0.120. The first kappa shape index (κ1) is 45.4. The predicted molar refractivity (Wildman–Crippen MR) is 278 cm³/mol. The third-order valence-corrected chi connectivity index (χ3v) is 11.1. The van der Waals surface area contributed by atoms with Crippen LogP contribution in [0, 0.1) is 6.92 Å². The van der Waals surface area contributed by atoms with Crippen LogP contribution >= 0.6 is 0 Å². The van der Waals surface area contributed by atoms with Gasteiger partial charge < -0.3 is 9.80 Å². The van der Waals surface area contributed by atoms with Crippen molar-refractivity contribution in [2.45, 2.75) is 54.4 Å². The van der Waals surface area contributed by atoms with Crippen molar-refractivity contribution in [3.63, 3.8) is 0 Å². The summed E-state index contributed by atoms with van der Waals surface area (Å²) in [6.07, 6.45) is 15.2. The van der Waals surface area contributed by atoms with Gasteiger partial charge in [-0.25, -0.2) is 0 Å². The highest BCUT2D eigenvalue weighted by atomic mass is 15.2. The smallest absolute Gasteiger partial charge is 0.0734 e. The molecule has 0 saturated carbocycles. The SMILES string of the molecule is C/C=C(\C=C(/CCC)c1ccccc1)c1ccc(-c2ccccc2)cc1.C=C1/C=C\C=C/N(CC)c2c1ccc(C)c2N(c1ccccc1)c1cccc(-c2ccccc2)c1.CC. The van der Waals surface area contributed by atoms with Crippen LogP contribution in [0.5, 0.6) is 0 Å². The molecule has 2 nitrogen and oxygen atoms in total. The molecule has 63 heavy (non-hydrogen) atoms. The standard InChI is InChI=1S/C33H30N2.C26H26.C2H6/c1-4-34-23-12-11-14-25(2)31-22-21-26(3)32(33(31)34)35(29-18-9-6-10-19-29)30-20-13-17-28(24-30)27-15-7-5-8-16-27;1-3-11-26(23-14-9-6-10-15-23)20-21(4-2)24-16-18-25(19-17-24)22-12-7-5-8-13-22;1-2/h5-24H,2,4H2,1,3H3;4-10,12-20H,3,11H2,1-2H3;1-2H3/b14-11-,23-12-;21-4+,26-20+;. The van der Waals surface area contributed by atoms with E-state index in [0.29, 0.717) is 0 Å². The Morgan fingerprint density at radius 2 is 1.14 bits per heavy atom. The lowest BCUT2D eigenvalue weighted by Gasteiger charge is -2.34. The van der Waals surface area contributed by atoms with Gasteiger partial charge in [0.1, 0.15) is 0 Å². The Kier molecular flexibility index (Phi) is 16.7. The van der Waals surface area contributed by atoms with Crippen LogP contribution in [0.1, 0.15) is 69.7 Å². The molecular formula is C61H62N2. The fraction of sp³-hybridized carbons (Fsp3) is 0.148. The highest BCUT2D eigenvalue weighted by Gasteiger charge is 2.24. The molecule has 7 aromatic rings. The van der Waals surface area contributed by atoms with E-state index >= 15 is 0 Å². The molecule has 0 aromatic heterocycles. The average Bonchev–Trinajstić information content (AvgIpc) is 3.35. The molecule has 0 spiro atoms. The monoisotopic (exact) mass is 822 g/mol. The first-order valence-electron chi connectivity index (χ1n) is 22.5. The summed E-state index contributed by atoms with van der Waals surface area (Å²) in [6.45, 7) is 18.0. The minimum Gasteiger partial charge on any atom is -0.346 e. The molecule has 0 N–H and O–H groups in total. The van der Waals surface area contributed by atoms with Gasteiger partial charge in [-0.05, 0) is 113 Å². The summed E-state index contributed by atoms with van der Waals surface area (Å²) in [5.74, 6) is 0. The normalized spacial score (nSPS) is 13.2. The van der Waals surface area contributed by atoms with E-state index in [1.54, 1.807) is 0 Å². The highest BCUT2D eigenvalue weighted by Crippen LogP contribution is 2.47. The van der Waals surface area contributed by atoms with Crippen LogP contribution in [0.25, 0.3) is 39.0 Å². The number of anilines is 4. The van der Waals surface area contributed by atoms with Crippen molar-refractivity contribution < 1.29 is 0 Å². The van der Waals surface area contributed by atoms with Crippen LogP contribution < -0.4 is 9.80 Å². The summed E-state index contributed by atoms with van der Waals surface area (Å²) in [6, 6.07) is 64.5. The van der Waals surface area contributed by atoms with Gasteiger partial charge in [-0.2, -0.15) is 0 Å². The molecule has 1 aliphatic rings. The van der Waals surface area contributed by atoms with Crippen LogP contribution in [0.2, 0.25) is 0 Å². The Bertz CT molecular complexity index is 2630. The minimum atomic E-state index is 0.855. The number of fused-ring (bicyclic) bond motifs is 1. The molecular weight excluding hydrogens is 761 g/mol. The Labute approximate surface area is 378 Å². The predicted octanol–water partition coefficient (Wildman–Crippen LogP) is 17.7. The second kappa shape index (κ2) is 23.2. The van der Waals surface area contributed by atoms with Crippen molar-refractivity contribution >= 4 is 39.5 Å². The summed E-state index contributed by atoms with van der Waals surface area (Å²) in [5, 5.41) is 0. The van der Waals surface area contributed by atoms with E-state index in [-0.39, 0.29) is 0 Å². The largest absolute Gasteiger partial charge is 0.346 e. The number of hydrogen-bond acceptors (Lipinski definition) is 2. The zero-order valence-electron chi connectivity index (χ0n) is 38.0. The van der Waals surface area contributed by atoms with Crippen molar-refractivity contribution in [3.8, 4) is 22.3 Å². The molecule has 0 bridgehead atoms. The summed E-state index contributed by atoms with van der Waals surface area (Å²) >= 11 is 0. The first-order chi connectivity index (χ1) is 31.0. The molecule has 0 radical (unpaired) electrons. The van der Waals surface area contributed by atoms with E-state index in [4.69, 9.17) is 0 Å². The number of nitrogens with zero attached hydrogens (tertiary/aromatic N) is 2. The van der Waals surface area contributed by atoms with Gasteiger partial charge in [0.15, 0.2) is 0 Å². The molecule has 8 rings (SSSR count). The Balaban J connectivity index is 0.000000210. The zero-order chi connectivity index (χ0) is 44.4. The second-order valence-electron chi connectivity index (χ2n) is 15.2. The van der Waals surface area contributed by atoms with Crippen molar-refractivity contribution in [1.29, 1.82) is 0 Å². The molecule has 0 unspecified atom stereocenters. The molecule has 7 aromatic carbocycles. The lowest BCUT2D eigenvalue weighted by molar-refractivity contribution is 0.973. The van der Waals surface area contributed by atoms with Crippen LogP contribution in [0.4, 0.5) is 22.7 Å². The van der Waals surface area contributed by atoms with Gasteiger partial charge in [0, 0.05) is 29.7 Å². The maximum absolute atomic E-state index is 4.39. The number of hydrogen-bond donors (Lipinski definition) is 0. The van der Waals surface area contributed by atoms with Crippen molar-refractivity contribution in [2.75, 3.05) is 16.3 Å². The van der Waals surface area contributed by atoms with Crippen LogP contribution in [-0.2, 0) is 0 Å². The topological polar surface area (TPSA) is 6.48 Å². The summed E-state index contributed by atoms with van der Waals surface area (Å²) < 4.78 is 0. The third kappa shape index (κ3) is 11.4. The fourth-order valence-electron chi connectivity index (χ4n) is 7.93. The molecule has 0 fully saturated rings. The number of aryl methyl sites for hydroxylation is 1. The summed E-state index contributed by atoms with van der Waals surface area (Å²) in [4.78, 5) is 4.71. The maximum atomic E-state index is 4.39. The van der Waals surface area contributed by atoms with Gasteiger partial charge in [0.25, 0.3) is 0 Å². The van der Waals surface area contributed by atoms with E-state index in [1.165, 1.54) is 61.5 Å². The van der Waals surface area contributed by atoms with Gasteiger partial charge in [0.05, 0.1) is 11.4 Å². The molecule has 0 amide bonds. The van der Waals surface area contributed by atoms with E-state index < -0.39 is 0 Å². The fourth-order valence-corrected chi connectivity index (χ4v) is 7.93. The maximum Gasteiger partial charge on any atom is 0.0734 e. The Hall–Kier alpha value is -7.16. The van der Waals surface area contributed by atoms with Crippen molar-refractivity contribution in [1.82, 2.24) is 0 Å². The van der Waals surface area contributed by atoms with E-state index in [0.717, 1.165) is 41.9 Å². The minimum absolute atomic E-state index is 0.855. The van der Waals surface area contributed by atoms with Crippen LogP contribution in [0.15, 0.2) is 225 Å². The van der Waals surface area contributed by atoms with E-state index in [2.05, 4.69) is 263 Å². The number of allylic oxidation sites excluding steroid dienone is 8. The summed E-state index contributed by atoms with van der Waals surface area (Å²) in [5.41, 5.74) is 18.1. The number of benzene rings is 7. The Morgan fingerprint density at radius 3 is 1.75 bits per heavy atom. The number of rotatable bonds is 11. The molecule has 0 aliphatic carbocycles. The molecule has 0 atom stereocenters. The molecule has 0 saturated heterocycles. The summed E-state index contributed by atoms with van der Waals surface area (Å²) in [7, 11) is 0. The van der Waals surface area contributed by atoms with Gasteiger partial charge in [-0.1, -0.05) is 216 Å². The molecule has 1 aliphatic heterocycles. The van der Waals surface area contributed by atoms with Crippen molar-refractivity contribution in [2.24, 2.45) is 0 Å². The lowest BCUT2D eigenvalue weighted by atomic mass is 9.95. The van der Waals surface area contributed by atoms with Crippen LogP contribution in [-0.4, -0.2) is 6.54 Å². The van der Waals surface area contributed by atoms with Gasteiger partial charge in [0.2, 0.25) is 0 Å². The molecule has 2 heteroatoms. The van der Waals surface area contributed by atoms with Gasteiger partial charge >= 0.3 is 0 Å².